The molecule has 0 amide bonds. The van der Waals surface area contributed by atoms with Gasteiger partial charge < -0.3 is 9.47 Å². The number of rotatable bonds is 14. The highest BCUT2D eigenvalue weighted by Gasteiger charge is 2.31. The second kappa shape index (κ2) is 12.3. The van der Waals surface area contributed by atoms with Gasteiger partial charge in [-0.25, -0.2) is 0 Å². The highest BCUT2D eigenvalue weighted by Crippen LogP contribution is 2.27. The smallest absolute Gasteiger partial charge is 0.178 e. The van der Waals surface area contributed by atoms with Crippen molar-refractivity contribution in [3.8, 4) is 0 Å². The molecule has 0 aromatic rings. The van der Waals surface area contributed by atoms with Crippen molar-refractivity contribution in [3.05, 3.63) is 11.8 Å². The monoisotopic (exact) mass is 282 g/mol. The number of hydrogen-bond acceptors (Lipinski definition) is 2. The fourth-order valence-corrected chi connectivity index (χ4v) is 2.51. The summed E-state index contributed by atoms with van der Waals surface area (Å²) in [4.78, 5) is 0. The van der Waals surface area contributed by atoms with E-state index in [0.29, 0.717) is 0 Å². The first-order chi connectivity index (χ1) is 9.88. The lowest BCUT2D eigenvalue weighted by atomic mass is 10.1. The molecule has 118 valence electrons. The van der Waals surface area contributed by atoms with Crippen LogP contribution in [0.3, 0.4) is 0 Å². The lowest BCUT2D eigenvalue weighted by molar-refractivity contribution is 0.113. The second-order valence-electron chi connectivity index (χ2n) is 5.88. The van der Waals surface area contributed by atoms with E-state index in [1.807, 2.05) is 0 Å². The Hall–Kier alpha value is -0.500. The van der Waals surface area contributed by atoms with E-state index in [1.165, 1.54) is 64.2 Å². The number of allylic oxidation sites excluding steroid dienone is 1. The molecule has 0 spiro atoms. The minimum atomic E-state index is 0.276. The third-order valence-corrected chi connectivity index (χ3v) is 3.86. The molecule has 0 N–H and O–H groups in total. The lowest BCUT2D eigenvalue weighted by Crippen LogP contribution is -2.02. The number of ether oxygens (including phenoxy) is 2. The van der Waals surface area contributed by atoms with Crippen molar-refractivity contribution in [2.45, 2.75) is 90.6 Å². The first-order valence-electron chi connectivity index (χ1n) is 8.83. The summed E-state index contributed by atoms with van der Waals surface area (Å²) >= 11 is 0. The topological polar surface area (TPSA) is 21.8 Å². The van der Waals surface area contributed by atoms with E-state index in [9.17, 15) is 0 Å². The van der Waals surface area contributed by atoms with Gasteiger partial charge in [0.1, 0.15) is 5.76 Å². The summed E-state index contributed by atoms with van der Waals surface area (Å²) in [6.07, 6.45) is 17.3. The molecule has 1 saturated heterocycles. The standard InChI is InChI=1S/C18H34O2/c1-3-5-6-7-8-9-10-11-12-13-15-19-16-18-17(20-18)14-4-2/h14,18H,3-13,15-16H2,1-2H3. The zero-order valence-corrected chi connectivity index (χ0v) is 13.7. The van der Waals surface area contributed by atoms with Crippen LogP contribution in [-0.2, 0) is 9.47 Å². The highest BCUT2D eigenvalue weighted by molar-refractivity contribution is 5.13. The molecule has 1 aliphatic heterocycles. The lowest BCUT2D eigenvalue weighted by Gasteiger charge is -2.03. The molecule has 1 heterocycles. The minimum Gasteiger partial charge on any atom is -0.481 e. The maximum atomic E-state index is 5.64. The van der Waals surface area contributed by atoms with E-state index in [-0.39, 0.29) is 6.10 Å². The summed E-state index contributed by atoms with van der Waals surface area (Å²) < 4.78 is 11.0. The summed E-state index contributed by atoms with van der Waals surface area (Å²) in [5.74, 6) is 1.13. The van der Waals surface area contributed by atoms with Gasteiger partial charge in [0, 0.05) is 6.61 Å². The number of unbranched alkanes of at least 4 members (excludes halogenated alkanes) is 9. The van der Waals surface area contributed by atoms with E-state index < -0.39 is 0 Å². The number of hydrogen-bond donors (Lipinski definition) is 0. The van der Waals surface area contributed by atoms with Gasteiger partial charge >= 0.3 is 0 Å². The Labute approximate surface area is 125 Å². The van der Waals surface area contributed by atoms with Gasteiger partial charge in [-0.05, 0) is 18.9 Å². The first-order valence-corrected chi connectivity index (χ1v) is 8.83. The summed E-state index contributed by atoms with van der Waals surface area (Å²) in [5.41, 5.74) is 0. The Balaban J connectivity index is 1.70. The van der Waals surface area contributed by atoms with Crippen molar-refractivity contribution in [1.29, 1.82) is 0 Å². The van der Waals surface area contributed by atoms with Gasteiger partial charge in [0.2, 0.25) is 0 Å². The van der Waals surface area contributed by atoms with Crippen molar-refractivity contribution in [2.75, 3.05) is 13.2 Å². The largest absolute Gasteiger partial charge is 0.481 e. The van der Waals surface area contributed by atoms with Crippen LogP contribution in [0.1, 0.15) is 84.5 Å². The van der Waals surface area contributed by atoms with Crippen LogP contribution in [0.2, 0.25) is 0 Å². The molecule has 1 fully saturated rings. The Morgan fingerprint density at radius 2 is 1.50 bits per heavy atom. The molecule has 1 aliphatic rings. The molecule has 0 saturated carbocycles. The molecular formula is C18H34O2. The Kier molecular flexibility index (Phi) is 10.8. The van der Waals surface area contributed by atoms with Crippen LogP contribution in [0.15, 0.2) is 11.8 Å². The Morgan fingerprint density at radius 3 is 2.10 bits per heavy atom. The molecule has 0 aromatic heterocycles. The van der Waals surface area contributed by atoms with Crippen molar-refractivity contribution in [2.24, 2.45) is 0 Å². The molecule has 1 atom stereocenters. The average Bonchev–Trinajstić information content (AvgIpc) is 3.19. The maximum Gasteiger partial charge on any atom is 0.178 e. The normalized spacial score (nSPS) is 19.3. The van der Waals surface area contributed by atoms with Crippen LogP contribution < -0.4 is 0 Å². The molecule has 0 aliphatic carbocycles. The third-order valence-electron chi connectivity index (χ3n) is 3.86. The molecule has 0 bridgehead atoms. The highest BCUT2D eigenvalue weighted by atomic mass is 16.6. The molecule has 1 unspecified atom stereocenters. The molecule has 1 rings (SSSR count). The van der Waals surface area contributed by atoms with Crippen LogP contribution in [0.5, 0.6) is 0 Å². The first kappa shape index (κ1) is 17.6. The molecular weight excluding hydrogens is 248 g/mol. The van der Waals surface area contributed by atoms with E-state index in [0.717, 1.165) is 25.4 Å². The van der Waals surface area contributed by atoms with Gasteiger partial charge in [-0.1, -0.05) is 71.6 Å². The molecule has 0 radical (unpaired) electrons. The molecule has 2 nitrogen and oxygen atoms in total. The third kappa shape index (κ3) is 9.41. The van der Waals surface area contributed by atoms with Crippen LogP contribution in [0.25, 0.3) is 0 Å². The Morgan fingerprint density at radius 1 is 0.900 bits per heavy atom. The maximum absolute atomic E-state index is 5.64. The fraction of sp³-hybridized carbons (Fsp3) is 0.889. The van der Waals surface area contributed by atoms with Crippen LogP contribution in [-0.4, -0.2) is 19.3 Å². The van der Waals surface area contributed by atoms with Crippen LogP contribution >= 0.6 is 0 Å². The van der Waals surface area contributed by atoms with Gasteiger partial charge in [0.15, 0.2) is 6.10 Å². The minimum absolute atomic E-state index is 0.276. The molecule has 2 heteroatoms. The number of epoxide rings is 1. The zero-order chi connectivity index (χ0) is 14.5. The fourth-order valence-electron chi connectivity index (χ4n) is 2.51. The van der Waals surface area contributed by atoms with Gasteiger partial charge in [-0.2, -0.15) is 0 Å². The van der Waals surface area contributed by atoms with Crippen LogP contribution in [0.4, 0.5) is 0 Å². The quantitative estimate of drug-likeness (QED) is 0.305. The van der Waals surface area contributed by atoms with Crippen molar-refractivity contribution >= 4 is 0 Å². The molecule has 0 aromatic carbocycles. The summed E-state index contributed by atoms with van der Waals surface area (Å²) in [5, 5.41) is 0. The van der Waals surface area contributed by atoms with E-state index in [4.69, 9.17) is 9.47 Å². The van der Waals surface area contributed by atoms with Crippen LogP contribution in [0, 0.1) is 0 Å². The predicted molar refractivity (Wildman–Crippen MR) is 85.9 cm³/mol. The average molecular weight is 282 g/mol. The van der Waals surface area contributed by atoms with Crippen molar-refractivity contribution in [3.63, 3.8) is 0 Å². The van der Waals surface area contributed by atoms with E-state index >= 15 is 0 Å². The van der Waals surface area contributed by atoms with Crippen molar-refractivity contribution in [1.82, 2.24) is 0 Å². The van der Waals surface area contributed by atoms with E-state index in [2.05, 4.69) is 19.9 Å². The summed E-state index contributed by atoms with van der Waals surface area (Å²) in [7, 11) is 0. The van der Waals surface area contributed by atoms with Crippen molar-refractivity contribution < 1.29 is 9.47 Å². The summed E-state index contributed by atoms with van der Waals surface area (Å²) in [6.45, 7) is 6.06. The molecule has 20 heavy (non-hydrogen) atoms. The van der Waals surface area contributed by atoms with Gasteiger partial charge in [0.05, 0.1) is 6.61 Å². The van der Waals surface area contributed by atoms with Gasteiger partial charge in [-0.3, -0.25) is 0 Å². The zero-order valence-electron chi connectivity index (χ0n) is 13.7. The SMILES string of the molecule is CCC=C1OC1COCCCCCCCCCCCC. The second-order valence-corrected chi connectivity index (χ2v) is 5.88. The van der Waals surface area contributed by atoms with E-state index in [1.54, 1.807) is 0 Å². The predicted octanol–water partition coefficient (Wildman–Crippen LogP) is 5.62. The van der Waals surface area contributed by atoms with Gasteiger partial charge in [0.25, 0.3) is 0 Å². The summed E-state index contributed by atoms with van der Waals surface area (Å²) in [6, 6.07) is 0. The Bertz CT molecular complexity index is 248. The van der Waals surface area contributed by atoms with Gasteiger partial charge in [-0.15, -0.1) is 0 Å².